The van der Waals surface area contributed by atoms with Crippen molar-refractivity contribution in [3.8, 4) is 0 Å². The van der Waals surface area contributed by atoms with E-state index in [1.165, 1.54) is 10.4 Å². The van der Waals surface area contributed by atoms with E-state index in [1.54, 1.807) is 11.3 Å². The summed E-state index contributed by atoms with van der Waals surface area (Å²) in [5.74, 6) is 0. The number of amides is 2. The van der Waals surface area contributed by atoms with E-state index in [1.807, 2.05) is 17.5 Å². The van der Waals surface area contributed by atoms with Gasteiger partial charge in [0.2, 0.25) is 0 Å². The number of nitrogens with one attached hydrogen (secondary N) is 2. The Morgan fingerprint density at radius 1 is 1.67 bits per heavy atom. The van der Waals surface area contributed by atoms with Gasteiger partial charge in [0.05, 0.1) is 0 Å². The first-order chi connectivity index (χ1) is 5.83. The third-order valence-electron chi connectivity index (χ3n) is 1.34. The Bertz CT molecular complexity index is 236. The van der Waals surface area contributed by atoms with Crippen LogP contribution in [0.5, 0.6) is 0 Å². The number of carbonyl (C=O) groups is 1. The highest BCUT2D eigenvalue weighted by Crippen LogP contribution is 2.07. The highest BCUT2D eigenvalue weighted by Gasteiger charge is 1.96. The Balaban J connectivity index is 2.15. The highest BCUT2D eigenvalue weighted by molar-refractivity contribution is 7.09. The van der Waals surface area contributed by atoms with Crippen LogP contribution < -0.4 is 10.8 Å². The van der Waals surface area contributed by atoms with Gasteiger partial charge in [-0.1, -0.05) is 6.07 Å². The van der Waals surface area contributed by atoms with E-state index in [2.05, 4.69) is 5.32 Å². The lowest BCUT2D eigenvalue weighted by molar-refractivity contribution is 0.162. The number of carbonyl (C=O) groups excluding carboxylic acids is 1. The summed E-state index contributed by atoms with van der Waals surface area (Å²) in [7, 11) is 0. The minimum Gasteiger partial charge on any atom is -0.336 e. The third-order valence-corrected chi connectivity index (χ3v) is 2.27. The van der Waals surface area contributed by atoms with Gasteiger partial charge >= 0.3 is 6.03 Å². The second-order valence-electron chi connectivity index (χ2n) is 2.20. The zero-order valence-electron chi connectivity index (χ0n) is 6.41. The van der Waals surface area contributed by atoms with E-state index in [0.29, 0.717) is 6.54 Å². The SMILES string of the molecule is O=C(NO)NCCc1cccs1. The molecule has 1 aromatic rings. The Hall–Kier alpha value is -1.07. The molecule has 1 aromatic heterocycles. The Morgan fingerprint density at radius 2 is 2.50 bits per heavy atom. The lowest BCUT2D eigenvalue weighted by Crippen LogP contribution is -2.34. The van der Waals surface area contributed by atoms with Crippen LogP contribution in [0.1, 0.15) is 4.88 Å². The number of hydrogen-bond acceptors (Lipinski definition) is 3. The molecule has 3 N–H and O–H groups in total. The average Bonchev–Trinajstić information content (AvgIpc) is 2.57. The Kier molecular flexibility index (Phi) is 3.56. The van der Waals surface area contributed by atoms with Crippen molar-refractivity contribution in [2.45, 2.75) is 6.42 Å². The largest absolute Gasteiger partial charge is 0.338 e. The van der Waals surface area contributed by atoms with Gasteiger partial charge in [-0.3, -0.25) is 5.21 Å². The van der Waals surface area contributed by atoms with Gasteiger partial charge in [0, 0.05) is 11.4 Å². The average molecular weight is 186 g/mol. The van der Waals surface area contributed by atoms with Crippen LogP contribution in [-0.4, -0.2) is 17.8 Å². The lowest BCUT2D eigenvalue weighted by atomic mass is 10.3. The second kappa shape index (κ2) is 4.74. The molecule has 0 saturated carbocycles. The van der Waals surface area contributed by atoms with Gasteiger partial charge in [-0.15, -0.1) is 11.3 Å². The molecule has 1 heterocycles. The molecule has 0 atom stereocenters. The van der Waals surface area contributed by atoms with E-state index in [0.717, 1.165) is 6.42 Å². The molecule has 66 valence electrons. The summed E-state index contributed by atoms with van der Waals surface area (Å²) in [6.07, 6.45) is 0.797. The Morgan fingerprint density at radius 3 is 3.08 bits per heavy atom. The molecule has 0 radical (unpaired) electrons. The molecule has 0 saturated heterocycles. The molecule has 0 aromatic carbocycles. The van der Waals surface area contributed by atoms with Crippen molar-refractivity contribution in [3.05, 3.63) is 22.4 Å². The standard InChI is InChI=1S/C7H10N2O2S/c10-7(9-11)8-4-3-6-2-1-5-12-6/h1-2,5,11H,3-4H2,(H2,8,9,10). The topological polar surface area (TPSA) is 61.4 Å². The van der Waals surface area contributed by atoms with Crippen LogP contribution >= 0.6 is 11.3 Å². The van der Waals surface area contributed by atoms with Crippen LogP contribution in [0.3, 0.4) is 0 Å². The van der Waals surface area contributed by atoms with Crippen LogP contribution in [0.25, 0.3) is 0 Å². The summed E-state index contributed by atoms with van der Waals surface area (Å²) in [5.41, 5.74) is 1.50. The molecule has 1 rings (SSSR count). The van der Waals surface area contributed by atoms with Gasteiger partial charge in [0.15, 0.2) is 0 Å². The molecular weight excluding hydrogens is 176 g/mol. The molecule has 12 heavy (non-hydrogen) atoms. The predicted octanol–water partition coefficient (Wildman–Crippen LogP) is 0.979. The fourth-order valence-corrected chi connectivity index (χ4v) is 1.50. The van der Waals surface area contributed by atoms with Crippen LogP contribution in [0, 0.1) is 0 Å². The third kappa shape index (κ3) is 2.89. The maximum Gasteiger partial charge on any atom is 0.338 e. The van der Waals surface area contributed by atoms with Crippen molar-refractivity contribution in [1.29, 1.82) is 0 Å². The van der Waals surface area contributed by atoms with Gasteiger partial charge in [-0.05, 0) is 17.9 Å². The molecule has 0 bridgehead atoms. The minimum atomic E-state index is -0.563. The summed E-state index contributed by atoms with van der Waals surface area (Å²) in [5, 5.41) is 12.6. The summed E-state index contributed by atoms with van der Waals surface area (Å²) in [6, 6.07) is 3.40. The van der Waals surface area contributed by atoms with Crippen LogP contribution in [0.4, 0.5) is 4.79 Å². The summed E-state index contributed by atoms with van der Waals surface area (Å²) < 4.78 is 0. The van der Waals surface area contributed by atoms with Crippen molar-refractivity contribution in [1.82, 2.24) is 10.8 Å². The summed E-state index contributed by atoms with van der Waals surface area (Å²) in [6.45, 7) is 0.535. The smallest absolute Gasteiger partial charge is 0.336 e. The zero-order valence-corrected chi connectivity index (χ0v) is 7.23. The zero-order chi connectivity index (χ0) is 8.81. The van der Waals surface area contributed by atoms with Crippen molar-refractivity contribution in [2.24, 2.45) is 0 Å². The number of hydrogen-bond donors (Lipinski definition) is 3. The predicted molar refractivity (Wildman–Crippen MR) is 46.3 cm³/mol. The quantitative estimate of drug-likeness (QED) is 0.486. The maximum absolute atomic E-state index is 10.5. The first kappa shape index (κ1) is 9.02. The normalized spacial score (nSPS) is 9.42. The number of urea groups is 1. The van der Waals surface area contributed by atoms with E-state index >= 15 is 0 Å². The van der Waals surface area contributed by atoms with Gasteiger partial charge in [0.25, 0.3) is 0 Å². The van der Waals surface area contributed by atoms with E-state index in [4.69, 9.17) is 5.21 Å². The molecule has 0 spiro atoms. The maximum atomic E-state index is 10.5. The number of thiophene rings is 1. The number of rotatable bonds is 3. The van der Waals surface area contributed by atoms with E-state index in [9.17, 15) is 4.79 Å². The molecule has 0 aliphatic heterocycles. The molecule has 0 aliphatic carbocycles. The van der Waals surface area contributed by atoms with Gasteiger partial charge in [-0.25, -0.2) is 10.3 Å². The first-order valence-corrected chi connectivity index (χ1v) is 4.41. The molecule has 0 aliphatic rings. The van der Waals surface area contributed by atoms with Crippen molar-refractivity contribution in [3.63, 3.8) is 0 Å². The van der Waals surface area contributed by atoms with Crippen LogP contribution in [0.15, 0.2) is 17.5 Å². The molecule has 5 heteroatoms. The summed E-state index contributed by atoms with van der Waals surface area (Å²) in [4.78, 5) is 11.7. The lowest BCUT2D eigenvalue weighted by Gasteiger charge is -2.00. The van der Waals surface area contributed by atoms with Crippen molar-refractivity contribution >= 4 is 17.4 Å². The molecule has 0 fully saturated rings. The fraction of sp³-hybridized carbons (Fsp3) is 0.286. The summed E-state index contributed by atoms with van der Waals surface area (Å²) >= 11 is 1.65. The second-order valence-corrected chi connectivity index (χ2v) is 3.23. The number of hydroxylamine groups is 1. The van der Waals surface area contributed by atoms with Crippen molar-refractivity contribution in [2.75, 3.05) is 6.54 Å². The van der Waals surface area contributed by atoms with E-state index in [-0.39, 0.29) is 0 Å². The molecule has 0 unspecified atom stereocenters. The van der Waals surface area contributed by atoms with Crippen LogP contribution in [-0.2, 0) is 6.42 Å². The highest BCUT2D eigenvalue weighted by atomic mass is 32.1. The van der Waals surface area contributed by atoms with Gasteiger partial charge < -0.3 is 5.32 Å². The van der Waals surface area contributed by atoms with Crippen LogP contribution in [0.2, 0.25) is 0 Å². The minimum absolute atomic E-state index is 0.535. The molecule has 2 amide bonds. The first-order valence-electron chi connectivity index (χ1n) is 3.53. The van der Waals surface area contributed by atoms with Gasteiger partial charge in [-0.2, -0.15) is 0 Å². The van der Waals surface area contributed by atoms with Gasteiger partial charge in [0.1, 0.15) is 0 Å². The monoisotopic (exact) mass is 186 g/mol. The Labute approximate surface area is 74.2 Å². The van der Waals surface area contributed by atoms with Crippen molar-refractivity contribution < 1.29 is 10.0 Å². The fourth-order valence-electron chi connectivity index (χ4n) is 0.794. The molecular formula is C7H10N2O2S. The molecule has 4 nitrogen and oxygen atoms in total. The van der Waals surface area contributed by atoms with E-state index < -0.39 is 6.03 Å².